The number of unbranched alkanes of at least 4 members (excludes halogenated alkanes) is 1. The number of benzene rings is 1. The van der Waals surface area contributed by atoms with E-state index >= 15 is 0 Å². The third-order valence-electron chi connectivity index (χ3n) is 3.36. The van der Waals surface area contributed by atoms with Crippen LogP contribution in [0, 0.1) is 0 Å². The smallest absolute Gasteiger partial charge is 0.176 e. The Balaban J connectivity index is 1.71. The summed E-state index contributed by atoms with van der Waals surface area (Å²) in [4.78, 5) is 0. The molecular formula is C17H25NO3. The van der Waals surface area contributed by atoms with Gasteiger partial charge in [-0.15, -0.1) is 0 Å². The maximum absolute atomic E-state index is 5.83. The van der Waals surface area contributed by atoms with E-state index in [4.69, 9.17) is 13.9 Å². The highest BCUT2D eigenvalue weighted by Crippen LogP contribution is 2.28. The standard InChI is InChI=1S/C17H25NO3/c1-3-4-10-20-11-6-9-18-13-15-12-14-7-5-8-16(19-2)17(14)21-15/h5,7-8,12,18H,3-4,6,9-11,13H2,1-2H3. The van der Waals surface area contributed by atoms with E-state index in [0.717, 1.165) is 61.6 Å². The molecule has 0 amide bonds. The predicted octanol–water partition coefficient (Wildman–Crippen LogP) is 3.74. The number of ether oxygens (including phenoxy) is 2. The lowest BCUT2D eigenvalue weighted by atomic mass is 10.2. The molecular weight excluding hydrogens is 266 g/mol. The zero-order valence-corrected chi connectivity index (χ0v) is 13.0. The first kappa shape index (κ1) is 15.9. The van der Waals surface area contributed by atoms with E-state index in [0.29, 0.717) is 0 Å². The average Bonchev–Trinajstić information content (AvgIpc) is 2.92. The zero-order chi connectivity index (χ0) is 14.9. The second-order valence-corrected chi connectivity index (χ2v) is 5.09. The molecule has 0 bridgehead atoms. The van der Waals surface area contributed by atoms with E-state index < -0.39 is 0 Å². The molecule has 0 spiro atoms. The van der Waals surface area contributed by atoms with Crippen LogP contribution in [0.5, 0.6) is 5.75 Å². The van der Waals surface area contributed by atoms with E-state index in [9.17, 15) is 0 Å². The van der Waals surface area contributed by atoms with Crippen LogP contribution < -0.4 is 10.1 Å². The Morgan fingerprint density at radius 3 is 2.86 bits per heavy atom. The van der Waals surface area contributed by atoms with Crippen molar-refractivity contribution >= 4 is 11.0 Å². The summed E-state index contributed by atoms with van der Waals surface area (Å²) in [5.74, 6) is 1.71. The maximum Gasteiger partial charge on any atom is 0.176 e. The number of furan rings is 1. The minimum absolute atomic E-state index is 0.729. The fourth-order valence-corrected chi connectivity index (χ4v) is 2.20. The lowest BCUT2D eigenvalue weighted by Crippen LogP contribution is -2.16. The Morgan fingerprint density at radius 2 is 2.05 bits per heavy atom. The first-order valence-corrected chi connectivity index (χ1v) is 7.69. The van der Waals surface area contributed by atoms with Crippen molar-refractivity contribution in [3.05, 3.63) is 30.0 Å². The summed E-state index contributed by atoms with van der Waals surface area (Å²) in [6.45, 7) is 5.53. The number of nitrogens with one attached hydrogen (secondary N) is 1. The molecule has 0 saturated heterocycles. The van der Waals surface area contributed by atoms with Crippen molar-refractivity contribution in [1.82, 2.24) is 5.32 Å². The molecule has 0 aliphatic rings. The van der Waals surface area contributed by atoms with Crippen LogP contribution >= 0.6 is 0 Å². The summed E-state index contributed by atoms with van der Waals surface area (Å²) in [7, 11) is 1.66. The van der Waals surface area contributed by atoms with Crippen LogP contribution in [0.4, 0.5) is 0 Å². The summed E-state index contributed by atoms with van der Waals surface area (Å²) < 4.78 is 16.7. The highest BCUT2D eigenvalue weighted by atomic mass is 16.5. The van der Waals surface area contributed by atoms with Gasteiger partial charge in [0.1, 0.15) is 5.76 Å². The van der Waals surface area contributed by atoms with Gasteiger partial charge in [0.2, 0.25) is 0 Å². The van der Waals surface area contributed by atoms with Gasteiger partial charge in [0.15, 0.2) is 11.3 Å². The second-order valence-electron chi connectivity index (χ2n) is 5.09. The van der Waals surface area contributed by atoms with Crippen LogP contribution in [-0.4, -0.2) is 26.9 Å². The van der Waals surface area contributed by atoms with Crippen molar-refractivity contribution in [3.63, 3.8) is 0 Å². The lowest BCUT2D eigenvalue weighted by Gasteiger charge is -2.04. The molecule has 2 aromatic rings. The molecule has 0 unspecified atom stereocenters. The summed E-state index contributed by atoms with van der Waals surface area (Å²) in [5.41, 5.74) is 0.819. The molecule has 1 aromatic carbocycles. The number of hydrogen-bond donors (Lipinski definition) is 1. The largest absolute Gasteiger partial charge is 0.493 e. The first-order chi connectivity index (χ1) is 10.3. The van der Waals surface area contributed by atoms with E-state index in [1.807, 2.05) is 18.2 Å². The van der Waals surface area contributed by atoms with Gasteiger partial charge in [0.05, 0.1) is 13.7 Å². The van der Waals surface area contributed by atoms with Crippen molar-refractivity contribution in [1.29, 1.82) is 0 Å². The highest BCUT2D eigenvalue weighted by Gasteiger charge is 2.07. The van der Waals surface area contributed by atoms with E-state index in [2.05, 4.69) is 18.3 Å². The first-order valence-electron chi connectivity index (χ1n) is 7.69. The van der Waals surface area contributed by atoms with Crippen LogP contribution in [0.2, 0.25) is 0 Å². The van der Waals surface area contributed by atoms with Crippen molar-refractivity contribution in [2.45, 2.75) is 32.7 Å². The van der Waals surface area contributed by atoms with Gasteiger partial charge >= 0.3 is 0 Å². The molecule has 0 radical (unpaired) electrons. The molecule has 2 rings (SSSR count). The monoisotopic (exact) mass is 291 g/mol. The summed E-state index contributed by atoms with van der Waals surface area (Å²) in [6, 6.07) is 7.98. The van der Waals surface area contributed by atoms with Crippen LogP contribution in [0.1, 0.15) is 31.9 Å². The summed E-state index contributed by atoms with van der Waals surface area (Å²) >= 11 is 0. The predicted molar refractivity (Wildman–Crippen MR) is 84.8 cm³/mol. The Hall–Kier alpha value is -1.52. The third kappa shape index (κ3) is 4.76. The minimum atomic E-state index is 0.729. The van der Waals surface area contributed by atoms with Gasteiger partial charge in [-0.25, -0.2) is 0 Å². The minimum Gasteiger partial charge on any atom is -0.493 e. The average molecular weight is 291 g/mol. The van der Waals surface area contributed by atoms with Crippen molar-refractivity contribution in [2.75, 3.05) is 26.9 Å². The zero-order valence-electron chi connectivity index (χ0n) is 13.0. The third-order valence-corrected chi connectivity index (χ3v) is 3.36. The normalized spacial score (nSPS) is 11.1. The molecule has 0 saturated carbocycles. The Kier molecular flexibility index (Phi) is 6.57. The van der Waals surface area contributed by atoms with Gasteiger partial charge in [0.25, 0.3) is 0 Å². The quantitative estimate of drug-likeness (QED) is 0.677. The Labute approximate surface area is 126 Å². The van der Waals surface area contributed by atoms with Gasteiger partial charge in [-0.2, -0.15) is 0 Å². The van der Waals surface area contributed by atoms with E-state index in [1.54, 1.807) is 7.11 Å². The van der Waals surface area contributed by atoms with Crippen LogP contribution in [0.15, 0.2) is 28.7 Å². The van der Waals surface area contributed by atoms with E-state index in [1.165, 1.54) is 6.42 Å². The number of rotatable bonds is 10. The van der Waals surface area contributed by atoms with Crippen molar-refractivity contribution < 1.29 is 13.9 Å². The van der Waals surface area contributed by atoms with Gasteiger partial charge in [-0.05, 0) is 31.5 Å². The fourth-order valence-electron chi connectivity index (χ4n) is 2.20. The Bertz CT molecular complexity index is 536. The molecule has 0 aliphatic heterocycles. The number of fused-ring (bicyclic) bond motifs is 1. The van der Waals surface area contributed by atoms with Crippen molar-refractivity contribution in [3.8, 4) is 5.75 Å². The van der Waals surface area contributed by atoms with Gasteiger partial charge in [0, 0.05) is 18.6 Å². The topological polar surface area (TPSA) is 43.6 Å². The van der Waals surface area contributed by atoms with Gasteiger partial charge in [-0.1, -0.05) is 25.5 Å². The maximum atomic E-state index is 5.83. The molecule has 21 heavy (non-hydrogen) atoms. The van der Waals surface area contributed by atoms with Gasteiger partial charge in [-0.3, -0.25) is 0 Å². The van der Waals surface area contributed by atoms with Gasteiger partial charge < -0.3 is 19.2 Å². The molecule has 1 heterocycles. The SMILES string of the molecule is CCCCOCCCNCc1cc2cccc(OC)c2o1. The molecule has 1 aromatic heterocycles. The van der Waals surface area contributed by atoms with E-state index in [-0.39, 0.29) is 0 Å². The molecule has 0 fully saturated rings. The molecule has 1 N–H and O–H groups in total. The van der Waals surface area contributed by atoms with Crippen LogP contribution in [0.25, 0.3) is 11.0 Å². The number of methoxy groups -OCH3 is 1. The second kappa shape index (κ2) is 8.70. The summed E-state index contributed by atoms with van der Waals surface area (Å²) in [6.07, 6.45) is 3.36. The number of para-hydroxylation sites is 1. The highest BCUT2D eigenvalue weighted by molar-refractivity contribution is 5.83. The summed E-state index contributed by atoms with van der Waals surface area (Å²) in [5, 5.41) is 4.45. The fraction of sp³-hybridized carbons (Fsp3) is 0.529. The molecule has 4 heteroatoms. The molecule has 0 aliphatic carbocycles. The molecule has 116 valence electrons. The number of hydrogen-bond acceptors (Lipinski definition) is 4. The molecule has 0 atom stereocenters. The van der Waals surface area contributed by atoms with Crippen LogP contribution in [-0.2, 0) is 11.3 Å². The molecule has 4 nitrogen and oxygen atoms in total. The lowest BCUT2D eigenvalue weighted by molar-refractivity contribution is 0.128. The van der Waals surface area contributed by atoms with Crippen molar-refractivity contribution in [2.24, 2.45) is 0 Å². The van der Waals surface area contributed by atoms with Crippen LogP contribution in [0.3, 0.4) is 0 Å². The Morgan fingerprint density at radius 1 is 1.19 bits per heavy atom.